The van der Waals surface area contributed by atoms with Crippen molar-refractivity contribution in [3.05, 3.63) is 0 Å². The average Bonchev–Trinajstić information content (AvgIpc) is 2.05. The Morgan fingerprint density at radius 3 is 2.15 bits per heavy atom. The fraction of sp³-hybridized carbons (Fsp3) is 0.857. The molecule has 0 aromatic carbocycles. The molecule has 0 radical (unpaired) electrons. The van der Waals surface area contributed by atoms with Crippen LogP contribution >= 0.6 is 7.60 Å². The van der Waals surface area contributed by atoms with Gasteiger partial charge in [0.2, 0.25) is 6.08 Å². The van der Waals surface area contributed by atoms with E-state index in [9.17, 15) is 9.36 Å². The van der Waals surface area contributed by atoms with Gasteiger partial charge in [0.25, 0.3) is 0 Å². The lowest BCUT2D eigenvalue weighted by Gasteiger charge is -2.18. The Balaban J connectivity index is 4.55. The molecule has 6 heteroatoms. The summed E-state index contributed by atoms with van der Waals surface area (Å²) in [6.45, 7) is 5.41. The number of rotatable bonds is 6. The molecule has 0 aromatic heterocycles. The minimum atomic E-state index is -3.26. The number of carbonyl (C=O) groups excluding carboxylic acids is 1. The van der Waals surface area contributed by atoms with Gasteiger partial charge < -0.3 is 9.05 Å². The summed E-state index contributed by atoms with van der Waals surface area (Å²) in [6, 6.07) is 0. The molecule has 1 atom stereocenters. The fourth-order valence-electron chi connectivity index (χ4n) is 0.760. The van der Waals surface area contributed by atoms with Gasteiger partial charge in [-0.3, -0.25) is 4.57 Å². The van der Waals surface area contributed by atoms with Crippen molar-refractivity contribution in [3.8, 4) is 0 Å². The standard InChI is InChI=1S/C7H14NO4P/c1-4-11-13(10,12-5-2)7(3)8-6-9/h7H,4-5H2,1-3H3. The first-order valence-electron chi connectivity index (χ1n) is 4.06. The Morgan fingerprint density at radius 1 is 1.38 bits per heavy atom. The normalized spacial score (nSPS) is 13.5. The Bertz CT molecular complexity index is 227. The molecule has 0 aromatic rings. The number of isocyanates is 1. The molecule has 0 N–H and O–H groups in total. The summed E-state index contributed by atoms with van der Waals surface area (Å²) in [7, 11) is -3.26. The van der Waals surface area contributed by atoms with Gasteiger partial charge in [-0.05, 0) is 20.8 Å². The minimum absolute atomic E-state index is 0.260. The molecule has 0 bridgehead atoms. The Hall–Kier alpha value is -0.470. The van der Waals surface area contributed by atoms with Crippen molar-refractivity contribution in [1.82, 2.24) is 0 Å². The van der Waals surface area contributed by atoms with Gasteiger partial charge >= 0.3 is 7.60 Å². The van der Waals surface area contributed by atoms with E-state index < -0.39 is 13.4 Å². The van der Waals surface area contributed by atoms with Gasteiger partial charge in [0.15, 0.2) is 5.78 Å². The third-order valence-electron chi connectivity index (χ3n) is 1.32. The van der Waals surface area contributed by atoms with E-state index in [0.717, 1.165) is 0 Å². The molecule has 5 nitrogen and oxygen atoms in total. The van der Waals surface area contributed by atoms with E-state index in [-0.39, 0.29) is 13.2 Å². The van der Waals surface area contributed by atoms with Gasteiger partial charge in [0.1, 0.15) is 0 Å². The van der Waals surface area contributed by atoms with Crippen LogP contribution in [0.25, 0.3) is 0 Å². The lowest BCUT2D eigenvalue weighted by atomic mass is 10.8. The van der Waals surface area contributed by atoms with Crippen molar-refractivity contribution in [3.63, 3.8) is 0 Å². The monoisotopic (exact) mass is 207 g/mol. The zero-order valence-corrected chi connectivity index (χ0v) is 8.91. The van der Waals surface area contributed by atoms with Crippen LogP contribution in [0.4, 0.5) is 0 Å². The molecule has 76 valence electrons. The largest absolute Gasteiger partial charge is 0.355 e. The molecule has 13 heavy (non-hydrogen) atoms. The van der Waals surface area contributed by atoms with Crippen LogP contribution in [0.1, 0.15) is 20.8 Å². The van der Waals surface area contributed by atoms with E-state index in [4.69, 9.17) is 9.05 Å². The second-order valence-corrected chi connectivity index (χ2v) is 4.57. The summed E-state index contributed by atoms with van der Waals surface area (Å²) in [4.78, 5) is 13.3. The van der Waals surface area contributed by atoms with E-state index in [1.54, 1.807) is 13.8 Å². The summed E-state index contributed by atoms with van der Waals surface area (Å²) >= 11 is 0. The van der Waals surface area contributed by atoms with Crippen LogP contribution < -0.4 is 0 Å². The molecule has 1 unspecified atom stereocenters. The highest BCUT2D eigenvalue weighted by atomic mass is 31.2. The third kappa shape index (κ3) is 3.83. The molecule has 0 saturated carbocycles. The van der Waals surface area contributed by atoms with Crippen molar-refractivity contribution >= 4 is 13.7 Å². The molecular formula is C7H14NO4P. The molecule has 0 aliphatic rings. The van der Waals surface area contributed by atoms with Gasteiger partial charge in [-0.2, -0.15) is 4.99 Å². The summed E-state index contributed by atoms with van der Waals surface area (Å²) in [5.41, 5.74) is 0. The molecule has 0 aliphatic heterocycles. The van der Waals surface area contributed by atoms with Gasteiger partial charge in [-0.1, -0.05) is 0 Å². The van der Waals surface area contributed by atoms with Crippen LogP contribution in [-0.4, -0.2) is 25.1 Å². The van der Waals surface area contributed by atoms with Crippen LogP contribution in [0.15, 0.2) is 4.99 Å². The maximum absolute atomic E-state index is 11.8. The number of aliphatic imine (C=N–C) groups is 1. The second-order valence-electron chi connectivity index (χ2n) is 2.23. The highest BCUT2D eigenvalue weighted by Gasteiger charge is 2.31. The average molecular weight is 207 g/mol. The van der Waals surface area contributed by atoms with Gasteiger partial charge in [-0.15, -0.1) is 0 Å². The number of hydrogen-bond acceptors (Lipinski definition) is 5. The fourth-order valence-corrected chi connectivity index (χ4v) is 2.17. The topological polar surface area (TPSA) is 65.0 Å². The molecule has 0 amide bonds. The first-order valence-corrected chi connectivity index (χ1v) is 5.67. The van der Waals surface area contributed by atoms with Crippen molar-refractivity contribution in [2.45, 2.75) is 26.6 Å². The van der Waals surface area contributed by atoms with Crippen LogP contribution in [0.3, 0.4) is 0 Å². The van der Waals surface area contributed by atoms with Crippen LogP contribution in [-0.2, 0) is 18.4 Å². The van der Waals surface area contributed by atoms with Crippen molar-refractivity contribution < 1.29 is 18.4 Å². The molecule has 0 saturated heterocycles. The van der Waals surface area contributed by atoms with Gasteiger partial charge in [-0.25, -0.2) is 4.79 Å². The quantitative estimate of drug-likeness (QED) is 0.379. The zero-order valence-electron chi connectivity index (χ0n) is 8.02. The molecule has 0 aliphatic carbocycles. The summed E-state index contributed by atoms with van der Waals surface area (Å²) < 4.78 is 21.7. The lowest BCUT2D eigenvalue weighted by Crippen LogP contribution is -2.07. The first kappa shape index (κ1) is 12.5. The predicted molar refractivity (Wildman–Crippen MR) is 48.4 cm³/mol. The summed E-state index contributed by atoms with van der Waals surface area (Å²) in [5, 5.41) is 0. The van der Waals surface area contributed by atoms with E-state index >= 15 is 0 Å². The van der Waals surface area contributed by atoms with Gasteiger partial charge in [0.05, 0.1) is 13.2 Å². The maximum atomic E-state index is 11.8. The minimum Gasteiger partial charge on any atom is -0.307 e. The van der Waals surface area contributed by atoms with Crippen LogP contribution in [0.5, 0.6) is 0 Å². The first-order chi connectivity index (χ1) is 6.10. The highest BCUT2D eigenvalue weighted by Crippen LogP contribution is 2.53. The smallest absolute Gasteiger partial charge is 0.307 e. The lowest BCUT2D eigenvalue weighted by molar-refractivity contribution is 0.214. The Morgan fingerprint density at radius 2 is 1.85 bits per heavy atom. The highest BCUT2D eigenvalue weighted by molar-refractivity contribution is 7.54. The van der Waals surface area contributed by atoms with Gasteiger partial charge in [0, 0.05) is 0 Å². The summed E-state index contributed by atoms with van der Waals surface area (Å²) in [6.07, 6.45) is 1.33. The SMILES string of the molecule is CCOP(=O)(OCC)C(C)N=C=O. The van der Waals surface area contributed by atoms with E-state index in [0.29, 0.717) is 0 Å². The third-order valence-corrected chi connectivity index (χ3v) is 3.58. The molecule has 0 spiro atoms. The van der Waals surface area contributed by atoms with Crippen molar-refractivity contribution in [2.24, 2.45) is 4.99 Å². The maximum Gasteiger partial charge on any atom is 0.355 e. The Labute approximate surface area is 77.7 Å². The predicted octanol–water partition coefficient (Wildman–Crippen LogP) is 1.93. The number of hydrogen-bond donors (Lipinski definition) is 0. The van der Waals surface area contributed by atoms with E-state index in [2.05, 4.69) is 4.99 Å². The van der Waals surface area contributed by atoms with Crippen LogP contribution in [0, 0.1) is 0 Å². The van der Waals surface area contributed by atoms with E-state index in [1.807, 2.05) is 0 Å². The van der Waals surface area contributed by atoms with Crippen molar-refractivity contribution in [2.75, 3.05) is 13.2 Å². The molecule has 0 rings (SSSR count). The van der Waals surface area contributed by atoms with Crippen molar-refractivity contribution in [1.29, 1.82) is 0 Å². The summed E-state index contributed by atoms with van der Waals surface area (Å²) in [5.74, 6) is -0.787. The molecule has 0 heterocycles. The molecular weight excluding hydrogens is 193 g/mol. The van der Waals surface area contributed by atoms with E-state index in [1.165, 1.54) is 13.0 Å². The Kier molecular flexibility index (Phi) is 5.84. The number of nitrogens with zero attached hydrogens (tertiary/aromatic N) is 1. The second kappa shape index (κ2) is 6.06. The zero-order chi connectivity index (χ0) is 10.3. The molecule has 0 fully saturated rings. The van der Waals surface area contributed by atoms with Crippen LogP contribution in [0.2, 0.25) is 0 Å².